The van der Waals surface area contributed by atoms with E-state index in [1.807, 2.05) is 19.9 Å². The van der Waals surface area contributed by atoms with Gasteiger partial charge in [0.05, 0.1) is 5.69 Å². The van der Waals surface area contributed by atoms with Gasteiger partial charge in [0, 0.05) is 12.6 Å². The van der Waals surface area contributed by atoms with E-state index in [0.29, 0.717) is 17.3 Å². The molecule has 0 aliphatic carbocycles. The summed E-state index contributed by atoms with van der Waals surface area (Å²) in [7, 11) is 1.78. The van der Waals surface area contributed by atoms with Crippen molar-refractivity contribution in [1.29, 1.82) is 5.26 Å². The molecule has 2 N–H and O–H groups in total. The molecule has 2 rings (SSSR count). The van der Waals surface area contributed by atoms with Crippen LogP contribution in [0.3, 0.4) is 0 Å². The smallest absolute Gasteiger partial charge is 0.143 e. The summed E-state index contributed by atoms with van der Waals surface area (Å²) in [6, 6.07) is 6.32. The van der Waals surface area contributed by atoms with Gasteiger partial charge < -0.3 is 10.6 Å². The zero-order valence-corrected chi connectivity index (χ0v) is 12.1. The lowest BCUT2D eigenvalue weighted by Gasteiger charge is -2.17. The molecule has 0 saturated carbocycles. The van der Waals surface area contributed by atoms with Crippen LogP contribution in [0.4, 0.5) is 21.7 Å². The fraction of sp³-hybridized carbons (Fsp3) is 0.267. The zero-order chi connectivity index (χ0) is 15.4. The number of halogens is 1. The third-order valence-electron chi connectivity index (χ3n) is 3.08. The van der Waals surface area contributed by atoms with Gasteiger partial charge in [0.1, 0.15) is 35.4 Å². The SMILES string of the molecule is CNc1ncnc(Nc2cccc(F)c2C#N)c1C(C)C. The van der Waals surface area contributed by atoms with E-state index in [2.05, 4.69) is 20.6 Å². The number of anilines is 3. The van der Waals surface area contributed by atoms with Crippen LogP contribution in [-0.2, 0) is 0 Å². The molecule has 0 spiro atoms. The highest BCUT2D eigenvalue weighted by Gasteiger charge is 2.16. The largest absolute Gasteiger partial charge is 0.373 e. The van der Waals surface area contributed by atoms with Crippen LogP contribution in [-0.4, -0.2) is 17.0 Å². The number of rotatable bonds is 4. The van der Waals surface area contributed by atoms with Gasteiger partial charge in [-0.05, 0) is 18.1 Å². The molecule has 6 heteroatoms. The second-order valence-corrected chi connectivity index (χ2v) is 4.79. The van der Waals surface area contributed by atoms with Gasteiger partial charge in [-0.15, -0.1) is 0 Å². The molecule has 0 aliphatic heterocycles. The van der Waals surface area contributed by atoms with E-state index in [9.17, 15) is 4.39 Å². The molecule has 0 fully saturated rings. The quantitative estimate of drug-likeness (QED) is 0.900. The van der Waals surface area contributed by atoms with E-state index in [-0.39, 0.29) is 11.5 Å². The summed E-state index contributed by atoms with van der Waals surface area (Å²) >= 11 is 0. The molecule has 0 amide bonds. The van der Waals surface area contributed by atoms with Crippen LogP contribution in [0, 0.1) is 17.1 Å². The number of nitrogens with one attached hydrogen (secondary N) is 2. The molecule has 0 aliphatic rings. The van der Waals surface area contributed by atoms with Crippen LogP contribution in [0.5, 0.6) is 0 Å². The van der Waals surface area contributed by atoms with Crippen molar-refractivity contribution in [3.05, 3.63) is 41.5 Å². The maximum absolute atomic E-state index is 13.7. The first-order chi connectivity index (χ1) is 10.1. The fourth-order valence-electron chi connectivity index (χ4n) is 2.11. The normalized spacial score (nSPS) is 10.3. The van der Waals surface area contributed by atoms with Crippen molar-refractivity contribution < 1.29 is 4.39 Å². The van der Waals surface area contributed by atoms with Crippen molar-refractivity contribution >= 4 is 17.3 Å². The van der Waals surface area contributed by atoms with Crippen molar-refractivity contribution in [2.75, 3.05) is 17.7 Å². The molecular formula is C15H16FN5. The Hall–Kier alpha value is -2.68. The number of aromatic nitrogens is 2. The summed E-state index contributed by atoms with van der Waals surface area (Å²) in [5.74, 6) is 0.871. The molecule has 2 aromatic rings. The zero-order valence-electron chi connectivity index (χ0n) is 12.1. The Kier molecular flexibility index (Phi) is 4.33. The van der Waals surface area contributed by atoms with E-state index in [1.165, 1.54) is 12.4 Å². The number of nitriles is 1. The molecular weight excluding hydrogens is 269 g/mol. The van der Waals surface area contributed by atoms with Gasteiger partial charge in [-0.3, -0.25) is 0 Å². The first-order valence-corrected chi connectivity index (χ1v) is 6.56. The average Bonchev–Trinajstić information content (AvgIpc) is 2.47. The highest BCUT2D eigenvalue weighted by Crippen LogP contribution is 2.31. The molecule has 0 unspecified atom stereocenters. The maximum Gasteiger partial charge on any atom is 0.143 e. The molecule has 21 heavy (non-hydrogen) atoms. The lowest BCUT2D eigenvalue weighted by Crippen LogP contribution is -2.07. The van der Waals surface area contributed by atoms with Gasteiger partial charge in [-0.1, -0.05) is 19.9 Å². The molecule has 5 nitrogen and oxygen atoms in total. The predicted molar refractivity (Wildman–Crippen MR) is 80.1 cm³/mol. The van der Waals surface area contributed by atoms with Gasteiger partial charge in [-0.2, -0.15) is 5.26 Å². The minimum absolute atomic E-state index is 0.0307. The van der Waals surface area contributed by atoms with Crippen molar-refractivity contribution in [1.82, 2.24) is 9.97 Å². The summed E-state index contributed by atoms with van der Waals surface area (Å²) in [4.78, 5) is 8.39. The summed E-state index contributed by atoms with van der Waals surface area (Å²) in [6.45, 7) is 4.03. The summed E-state index contributed by atoms with van der Waals surface area (Å²) in [5.41, 5.74) is 1.24. The maximum atomic E-state index is 13.7. The molecule has 1 heterocycles. The van der Waals surface area contributed by atoms with Crippen LogP contribution in [0.2, 0.25) is 0 Å². The Labute approximate surface area is 122 Å². The molecule has 1 aromatic carbocycles. The second kappa shape index (κ2) is 6.18. The molecule has 0 radical (unpaired) electrons. The predicted octanol–water partition coefficient (Wildman–Crippen LogP) is 3.40. The van der Waals surface area contributed by atoms with Crippen LogP contribution in [0.1, 0.15) is 30.9 Å². The monoisotopic (exact) mass is 285 g/mol. The lowest BCUT2D eigenvalue weighted by atomic mass is 10.0. The summed E-state index contributed by atoms with van der Waals surface area (Å²) < 4.78 is 13.7. The number of hydrogen-bond donors (Lipinski definition) is 2. The second-order valence-electron chi connectivity index (χ2n) is 4.79. The van der Waals surface area contributed by atoms with Crippen LogP contribution < -0.4 is 10.6 Å². The van der Waals surface area contributed by atoms with Gasteiger partial charge in [-0.25, -0.2) is 14.4 Å². The molecule has 1 aromatic heterocycles. The van der Waals surface area contributed by atoms with Crippen LogP contribution >= 0.6 is 0 Å². The van der Waals surface area contributed by atoms with E-state index < -0.39 is 5.82 Å². The third-order valence-corrected chi connectivity index (χ3v) is 3.08. The first kappa shape index (κ1) is 14.7. The third kappa shape index (κ3) is 2.92. The molecule has 0 atom stereocenters. The molecule has 0 saturated heterocycles. The van der Waals surface area contributed by atoms with Crippen LogP contribution in [0.25, 0.3) is 0 Å². The van der Waals surface area contributed by atoms with Crippen molar-refractivity contribution in [2.24, 2.45) is 0 Å². The minimum Gasteiger partial charge on any atom is -0.373 e. The topological polar surface area (TPSA) is 73.6 Å². The fourth-order valence-corrected chi connectivity index (χ4v) is 2.11. The van der Waals surface area contributed by atoms with Gasteiger partial charge in [0.2, 0.25) is 0 Å². The van der Waals surface area contributed by atoms with E-state index in [0.717, 1.165) is 5.56 Å². The summed E-state index contributed by atoms with van der Waals surface area (Å²) in [5, 5.41) is 15.1. The van der Waals surface area contributed by atoms with E-state index in [1.54, 1.807) is 19.2 Å². The van der Waals surface area contributed by atoms with Gasteiger partial charge >= 0.3 is 0 Å². The van der Waals surface area contributed by atoms with Crippen molar-refractivity contribution in [3.8, 4) is 6.07 Å². The van der Waals surface area contributed by atoms with Crippen LogP contribution in [0.15, 0.2) is 24.5 Å². The van der Waals surface area contributed by atoms with Gasteiger partial charge in [0.25, 0.3) is 0 Å². The highest BCUT2D eigenvalue weighted by atomic mass is 19.1. The van der Waals surface area contributed by atoms with E-state index in [4.69, 9.17) is 5.26 Å². The molecule has 108 valence electrons. The number of benzene rings is 1. The van der Waals surface area contributed by atoms with Gasteiger partial charge in [0.15, 0.2) is 0 Å². The minimum atomic E-state index is -0.559. The first-order valence-electron chi connectivity index (χ1n) is 6.56. The average molecular weight is 285 g/mol. The Morgan fingerprint density at radius 3 is 2.57 bits per heavy atom. The highest BCUT2D eigenvalue weighted by molar-refractivity contribution is 5.69. The summed E-state index contributed by atoms with van der Waals surface area (Å²) in [6.07, 6.45) is 1.42. The van der Waals surface area contributed by atoms with Crippen molar-refractivity contribution in [3.63, 3.8) is 0 Å². The Morgan fingerprint density at radius 2 is 1.95 bits per heavy atom. The number of nitrogens with zero attached hydrogens (tertiary/aromatic N) is 3. The standard InChI is InChI=1S/C15H16FN5/c1-9(2)13-14(18-3)19-8-20-15(13)21-12-6-4-5-11(16)10(12)7-17/h4-6,8-9H,1-3H3,(H2,18,19,20,21). The Bertz CT molecular complexity index is 691. The molecule has 0 bridgehead atoms. The Balaban J connectivity index is 2.51. The number of hydrogen-bond acceptors (Lipinski definition) is 5. The van der Waals surface area contributed by atoms with E-state index >= 15 is 0 Å². The Morgan fingerprint density at radius 1 is 1.24 bits per heavy atom. The van der Waals surface area contributed by atoms with Crippen molar-refractivity contribution in [2.45, 2.75) is 19.8 Å². The lowest BCUT2D eigenvalue weighted by molar-refractivity contribution is 0.624.